The first-order chi connectivity index (χ1) is 17.1. The molecular weight excluding hydrogens is 439 g/mol. The second-order valence-corrected chi connectivity index (χ2v) is 11.7. The van der Waals surface area contributed by atoms with Crippen LogP contribution in [0.5, 0.6) is 0 Å². The van der Waals surface area contributed by atoms with Gasteiger partial charge < -0.3 is 9.31 Å². The van der Waals surface area contributed by atoms with Crippen molar-refractivity contribution in [2.75, 3.05) is 0 Å². The van der Waals surface area contributed by atoms with Crippen LogP contribution in [0.4, 0.5) is 0 Å². The van der Waals surface area contributed by atoms with Gasteiger partial charge in [-0.2, -0.15) is 0 Å². The first kappa shape index (κ1) is 23.3. The fourth-order valence-electron chi connectivity index (χ4n) is 5.71. The average molecular weight is 472 g/mol. The number of rotatable bonds is 3. The maximum atomic E-state index is 6.31. The van der Waals surface area contributed by atoms with Crippen LogP contribution in [-0.2, 0) is 14.7 Å². The molecule has 0 radical (unpaired) electrons. The van der Waals surface area contributed by atoms with Gasteiger partial charge in [0, 0.05) is 5.41 Å². The molecule has 2 aliphatic rings. The monoisotopic (exact) mass is 472 g/mol. The van der Waals surface area contributed by atoms with E-state index in [9.17, 15) is 0 Å². The number of hydrogen-bond donors (Lipinski definition) is 0. The van der Waals surface area contributed by atoms with Crippen molar-refractivity contribution < 1.29 is 9.31 Å². The van der Waals surface area contributed by atoms with Gasteiger partial charge in [-0.1, -0.05) is 98.8 Å². The molecule has 180 valence electrons. The molecule has 1 fully saturated rings. The van der Waals surface area contributed by atoms with Crippen LogP contribution in [0.25, 0.3) is 33.4 Å². The molecule has 0 bridgehead atoms. The van der Waals surface area contributed by atoms with E-state index in [0.29, 0.717) is 0 Å². The fourth-order valence-corrected chi connectivity index (χ4v) is 5.71. The summed E-state index contributed by atoms with van der Waals surface area (Å²) in [5.74, 6) is 0. The summed E-state index contributed by atoms with van der Waals surface area (Å²) in [5, 5.41) is 0. The Morgan fingerprint density at radius 3 is 1.83 bits per heavy atom. The summed E-state index contributed by atoms with van der Waals surface area (Å²) in [7, 11) is -0.366. The summed E-state index contributed by atoms with van der Waals surface area (Å²) in [5.41, 5.74) is 10.7. The molecule has 0 amide bonds. The Kier molecular flexibility index (Phi) is 5.13. The summed E-state index contributed by atoms with van der Waals surface area (Å²) in [6.07, 6.45) is 0. The van der Waals surface area contributed by atoms with E-state index in [2.05, 4.69) is 133 Å². The number of benzene rings is 4. The molecule has 0 aromatic heterocycles. The molecule has 1 saturated heterocycles. The highest BCUT2D eigenvalue weighted by Gasteiger charge is 2.51. The normalized spacial score (nSPS) is 18.7. The van der Waals surface area contributed by atoms with Crippen LogP contribution in [0.2, 0.25) is 0 Å². The maximum Gasteiger partial charge on any atom is 0.494 e. The Labute approximate surface area is 215 Å². The van der Waals surface area contributed by atoms with E-state index in [4.69, 9.17) is 9.31 Å². The second-order valence-electron chi connectivity index (χ2n) is 11.7. The molecule has 1 heterocycles. The van der Waals surface area contributed by atoms with Crippen LogP contribution in [0.1, 0.15) is 52.7 Å². The van der Waals surface area contributed by atoms with Crippen molar-refractivity contribution in [3.8, 4) is 33.4 Å². The minimum atomic E-state index is -0.366. The zero-order chi connectivity index (χ0) is 25.3. The molecule has 0 atom stereocenters. The van der Waals surface area contributed by atoms with Crippen molar-refractivity contribution in [3.05, 3.63) is 102 Å². The fraction of sp³-hybridized carbons (Fsp3) is 0.273. The van der Waals surface area contributed by atoms with Crippen LogP contribution in [0.3, 0.4) is 0 Å². The third kappa shape index (κ3) is 3.49. The summed E-state index contributed by atoms with van der Waals surface area (Å²) in [6.45, 7) is 13.0. The summed E-state index contributed by atoms with van der Waals surface area (Å²) in [6, 6.07) is 33.1. The number of fused-ring (bicyclic) bond motifs is 3. The quantitative estimate of drug-likeness (QED) is 0.286. The third-order valence-electron chi connectivity index (χ3n) is 8.53. The average Bonchev–Trinajstić information content (AvgIpc) is 3.24. The lowest BCUT2D eigenvalue weighted by atomic mass is 9.78. The van der Waals surface area contributed by atoms with Crippen molar-refractivity contribution in [2.45, 2.75) is 58.2 Å². The van der Waals surface area contributed by atoms with Gasteiger partial charge in [0.25, 0.3) is 0 Å². The smallest absolute Gasteiger partial charge is 0.399 e. The lowest BCUT2D eigenvalue weighted by Crippen LogP contribution is -2.41. The Morgan fingerprint density at radius 2 is 1.08 bits per heavy atom. The lowest BCUT2D eigenvalue weighted by molar-refractivity contribution is 0.00578. The van der Waals surface area contributed by atoms with Gasteiger partial charge in [0.05, 0.1) is 11.2 Å². The SMILES string of the molecule is CC1(C)c2ccccc2-c2c(-c3cccc(-c4cccc(B5OC(C)(C)C(C)(C)O5)c4)c3)cccc21. The van der Waals surface area contributed by atoms with Gasteiger partial charge in [0.2, 0.25) is 0 Å². The van der Waals surface area contributed by atoms with Crippen molar-refractivity contribution in [3.63, 3.8) is 0 Å². The minimum absolute atomic E-state index is 0.00326. The molecule has 4 aromatic carbocycles. The first-order valence-corrected chi connectivity index (χ1v) is 12.9. The molecule has 36 heavy (non-hydrogen) atoms. The van der Waals surface area contributed by atoms with Crippen LogP contribution in [0.15, 0.2) is 91.0 Å². The van der Waals surface area contributed by atoms with Crippen molar-refractivity contribution in [2.24, 2.45) is 0 Å². The molecule has 3 heteroatoms. The zero-order valence-corrected chi connectivity index (χ0v) is 22.1. The van der Waals surface area contributed by atoms with E-state index < -0.39 is 0 Å². The van der Waals surface area contributed by atoms with Crippen LogP contribution in [-0.4, -0.2) is 18.3 Å². The van der Waals surface area contributed by atoms with Crippen LogP contribution >= 0.6 is 0 Å². The van der Waals surface area contributed by atoms with Crippen molar-refractivity contribution >= 4 is 12.6 Å². The van der Waals surface area contributed by atoms with Gasteiger partial charge in [-0.15, -0.1) is 0 Å². The van der Waals surface area contributed by atoms with E-state index in [1.807, 2.05) is 0 Å². The highest BCUT2D eigenvalue weighted by atomic mass is 16.7. The Balaban J connectivity index is 1.41. The maximum absolute atomic E-state index is 6.31. The first-order valence-electron chi connectivity index (χ1n) is 12.9. The van der Waals surface area contributed by atoms with Crippen molar-refractivity contribution in [1.29, 1.82) is 0 Å². The van der Waals surface area contributed by atoms with Gasteiger partial charge in [-0.3, -0.25) is 0 Å². The van der Waals surface area contributed by atoms with E-state index in [1.165, 1.54) is 38.9 Å². The van der Waals surface area contributed by atoms with Gasteiger partial charge in [-0.25, -0.2) is 0 Å². The second kappa shape index (κ2) is 7.93. The summed E-state index contributed by atoms with van der Waals surface area (Å²) in [4.78, 5) is 0. The summed E-state index contributed by atoms with van der Waals surface area (Å²) < 4.78 is 12.6. The largest absolute Gasteiger partial charge is 0.494 e. The van der Waals surface area contributed by atoms with E-state index >= 15 is 0 Å². The minimum Gasteiger partial charge on any atom is -0.399 e. The molecule has 1 aliphatic carbocycles. The van der Waals surface area contributed by atoms with Gasteiger partial charge in [0.15, 0.2) is 0 Å². The molecular formula is C33H33BO2. The lowest BCUT2D eigenvalue weighted by Gasteiger charge is -2.32. The molecule has 6 rings (SSSR count). The Hall–Kier alpha value is -3.14. The van der Waals surface area contributed by atoms with Crippen LogP contribution in [0, 0.1) is 0 Å². The van der Waals surface area contributed by atoms with Crippen molar-refractivity contribution in [1.82, 2.24) is 0 Å². The zero-order valence-electron chi connectivity index (χ0n) is 22.1. The highest BCUT2D eigenvalue weighted by molar-refractivity contribution is 6.62. The van der Waals surface area contributed by atoms with Gasteiger partial charge in [-0.05, 0) is 83.7 Å². The summed E-state index contributed by atoms with van der Waals surface area (Å²) >= 11 is 0. The van der Waals surface area contributed by atoms with Crippen LogP contribution < -0.4 is 5.46 Å². The van der Waals surface area contributed by atoms with E-state index in [0.717, 1.165) is 11.0 Å². The molecule has 0 N–H and O–H groups in total. The molecule has 0 unspecified atom stereocenters. The molecule has 1 aliphatic heterocycles. The van der Waals surface area contributed by atoms with Gasteiger partial charge >= 0.3 is 7.12 Å². The molecule has 0 spiro atoms. The third-order valence-corrected chi connectivity index (χ3v) is 8.53. The number of hydrogen-bond acceptors (Lipinski definition) is 2. The molecule has 2 nitrogen and oxygen atoms in total. The predicted molar refractivity (Wildman–Crippen MR) is 151 cm³/mol. The predicted octanol–water partition coefficient (Wildman–Crippen LogP) is 7.63. The van der Waals surface area contributed by atoms with E-state index in [1.54, 1.807) is 0 Å². The molecule has 4 aromatic rings. The van der Waals surface area contributed by atoms with E-state index in [-0.39, 0.29) is 23.7 Å². The molecule has 0 saturated carbocycles. The highest BCUT2D eigenvalue weighted by Crippen LogP contribution is 2.52. The Morgan fingerprint density at radius 1 is 0.528 bits per heavy atom. The Bertz CT molecular complexity index is 1460. The standard InChI is InChI=1S/C33H33BO2/c1-31(2)28-18-8-7-16-27(28)30-26(17-11-19-29(30)31)24-14-9-12-22(20-24)23-13-10-15-25(21-23)34-35-32(3,4)33(5,6)36-34/h7-21H,1-6H3. The van der Waals surface area contributed by atoms with Gasteiger partial charge in [0.1, 0.15) is 0 Å². The topological polar surface area (TPSA) is 18.5 Å².